The summed E-state index contributed by atoms with van der Waals surface area (Å²) in [5.41, 5.74) is 5.95. The van der Waals surface area contributed by atoms with Gasteiger partial charge in [0.15, 0.2) is 0 Å². The summed E-state index contributed by atoms with van der Waals surface area (Å²) in [4.78, 5) is 10.8. The fourth-order valence-corrected chi connectivity index (χ4v) is 2.26. The molecule has 1 heterocycles. The Hall–Kier alpha value is -0.610. The van der Waals surface area contributed by atoms with Crippen LogP contribution < -0.4 is 5.73 Å². The maximum atomic E-state index is 10.8. The van der Waals surface area contributed by atoms with Gasteiger partial charge in [0, 0.05) is 6.04 Å². The van der Waals surface area contributed by atoms with E-state index >= 15 is 0 Å². The summed E-state index contributed by atoms with van der Waals surface area (Å²) in [6, 6.07) is 0.189. The number of aliphatic carboxylic acids is 1. The largest absolute Gasteiger partial charge is 0.481 e. The fraction of sp³-hybridized carbons (Fsp3) is 0.917. The smallest absolute Gasteiger partial charge is 0.308 e. The Morgan fingerprint density at radius 3 is 2.81 bits per heavy atom. The van der Waals surface area contributed by atoms with Crippen molar-refractivity contribution in [2.75, 3.05) is 0 Å². The molecular formula is C12H23NO3. The van der Waals surface area contributed by atoms with Gasteiger partial charge in [-0.25, -0.2) is 0 Å². The summed E-state index contributed by atoms with van der Waals surface area (Å²) in [6.45, 7) is 3.83. The highest BCUT2D eigenvalue weighted by molar-refractivity contribution is 5.70. The van der Waals surface area contributed by atoms with Crippen LogP contribution in [0.2, 0.25) is 0 Å². The molecule has 0 radical (unpaired) electrons. The van der Waals surface area contributed by atoms with Crippen LogP contribution in [0.5, 0.6) is 0 Å². The third-order valence-electron chi connectivity index (χ3n) is 3.31. The standard InChI is InChI=1S/C12H23NO3/c1-3-4-9(13)7-10-5-6-11(16-10)8(2)12(14)15/h8-11H,3-7,13H2,1-2H3,(H,14,15)/t8?,9-,10-,11?/m0/s1. The van der Waals surface area contributed by atoms with E-state index in [-0.39, 0.29) is 18.2 Å². The molecule has 1 rings (SSSR count). The third-order valence-corrected chi connectivity index (χ3v) is 3.31. The van der Waals surface area contributed by atoms with Crippen molar-refractivity contribution in [1.29, 1.82) is 0 Å². The van der Waals surface area contributed by atoms with Crippen molar-refractivity contribution >= 4 is 5.97 Å². The van der Waals surface area contributed by atoms with E-state index in [9.17, 15) is 4.79 Å². The summed E-state index contributed by atoms with van der Waals surface area (Å²) >= 11 is 0. The van der Waals surface area contributed by atoms with Crippen LogP contribution in [0.25, 0.3) is 0 Å². The Bertz CT molecular complexity index is 232. The number of rotatable bonds is 6. The molecule has 0 aromatic heterocycles. The van der Waals surface area contributed by atoms with Gasteiger partial charge in [0.2, 0.25) is 0 Å². The van der Waals surface area contributed by atoms with Crippen LogP contribution in [0.3, 0.4) is 0 Å². The predicted octanol–water partition coefficient (Wildman–Crippen LogP) is 1.77. The minimum Gasteiger partial charge on any atom is -0.481 e. The lowest BCUT2D eigenvalue weighted by Gasteiger charge is -2.19. The second kappa shape index (κ2) is 6.21. The van der Waals surface area contributed by atoms with Crippen LogP contribution in [-0.2, 0) is 9.53 Å². The maximum Gasteiger partial charge on any atom is 0.308 e. The highest BCUT2D eigenvalue weighted by atomic mass is 16.5. The fourth-order valence-electron chi connectivity index (χ4n) is 2.26. The Morgan fingerprint density at radius 2 is 2.25 bits per heavy atom. The van der Waals surface area contributed by atoms with Crippen LogP contribution in [0.1, 0.15) is 46.0 Å². The van der Waals surface area contributed by atoms with Crippen LogP contribution in [0.15, 0.2) is 0 Å². The van der Waals surface area contributed by atoms with Gasteiger partial charge >= 0.3 is 5.97 Å². The van der Waals surface area contributed by atoms with Crippen molar-refractivity contribution < 1.29 is 14.6 Å². The van der Waals surface area contributed by atoms with Gasteiger partial charge in [-0.05, 0) is 32.6 Å². The molecule has 1 aliphatic heterocycles. The van der Waals surface area contributed by atoms with E-state index < -0.39 is 11.9 Å². The first kappa shape index (κ1) is 13.5. The number of carbonyl (C=O) groups is 1. The van der Waals surface area contributed by atoms with Crippen molar-refractivity contribution in [3.8, 4) is 0 Å². The second-order valence-corrected chi connectivity index (χ2v) is 4.79. The topological polar surface area (TPSA) is 72.6 Å². The number of hydrogen-bond acceptors (Lipinski definition) is 3. The first-order valence-electron chi connectivity index (χ1n) is 6.18. The van der Waals surface area contributed by atoms with Crippen molar-refractivity contribution in [1.82, 2.24) is 0 Å². The number of ether oxygens (including phenoxy) is 1. The van der Waals surface area contributed by atoms with Crippen LogP contribution >= 0.6 is 0 Å². The molecular weight excluding hydrogens is 206 g/mol. The molecule has 4 atom stereocenters. The highest BCUT2D eigenvalue weighted by Gasteiger charge is 2.33. The molecule has 16 heavy (non-hydrogen) atoms. The average Bonchev–Trinajstić information content (AvgIpc) is 2.65. The van der Waals surface area contributed by atoms with Gasteiger partial charge in [-0.15, -0.1) is 0 Å². The minimum atomic E-state index is -0.775. The van der Waals surface area contributed by atoms with Crippen molar-refractivity contribution in [2.45, 2.75) is 64.2 Å². The Labute approximate surface area is 97.2 Å². The Morgan fingerprint density at radius 1 is 1.56 bits per heavy atom. The molecule has 4 heteroatoms. The van der Waals surface area contributed by atoms with Crippen molar-refractivity contribution in [3.63, 3.8) is 0 Å². The number of carboxylic acids is 1. The molecule has 2 unspecified atom stereocenters. The molecule has 1 aliphatic rings. The van der Waals surface area contributed by atoms with Crippen LogP contribution in [-0.4, -0.2) is 29.3 Å². The van der Waals surface area contributed by atoms with Gasteiger partial charge in [0.1, 0.15) is 0 Å². The van der Waals surface area contributed by atoms with E-state index in [1.807, 2.05) is 0 Å². The first-order chi connectivity index (χ1) is 7.54. The van der Waals surface area contributed by atoms with Gasteiger partial charge in [0.25, 0.3) is 0 Å². The normalized spacial score (nSPS) is 28.9. The molecule has 3 N–H and O–H groups in total. The monoisotopic (exact) mass is 229 g/mol. The molecule has 0 spiro atoms. The number of nitrogens with two attached hydrogens (primary N) is 1. The van der Waals surface area contributed by atoms with E-state index in [0.29, 0.717) is 0 Å². The molecule has 0 aliphatic carbocycles. The van der Waals surface area contributed by atoms with Crippen molar-refractivity contribution in [2.24, 2.45) is 11.7 Å². The second-order valence-electron chi connectivity index (χ2n) is 4.79. The lowest BCUT2D eigenvalue weighted by atomic mass is 10.0. The maximum absolute atomic E-state index is 10.8. The zero-order valence-corrected chi connectivity index (χ0v) is 10.2. The predicted molar refractivity (Wildman–Crippen MR) is 62.2 cm³/mol. The SMILES string of the molecule is CCC[C@H](N)C[C@@H]1CCC(C(C)C(=O)O)O1. The van der Waals surface area contributed by atoms with Gasteiger partial charge in [-0.3, -0.25) is 4.79 Å². The van der Waals surface area contributed by atoms with Crippen LogP contribution in [0, 0.1) is 5.92 Å². The molecule has 1 fully saturated rings. The summed E-state index contributed by atoms with van der Waals surface area (Å²) in [5.74, 6) is -1.18. The van der Waals surface area contributed by atoms with E-state index in [2.05, 4.69) is 6.92 Å². The van der Waals surface area contributed by atoms with E-state index in [1.165, 1.54) is 0 Å². The Balaban J connectivity index is 2.32. The summed E-state index contributed by atoms with van der Waals surface area (Å²) in [5, 5.41) is 8.89. The third kappa shape index (κ3) is 3.76. The van der Waals surface area contributed by atoms with Gasteiger partial charge < -0.3 is 15.6 Å². The molecule has 0 aromatic carbocycles. The zero-order valence-electron chi connectivity index (χ0n) is 10.2. The molecule has 0 bridgehead atoms. The Kier molecular flexibility index (Phi) is 5.22. The van der Waals surface area contributed by atoms with Crippen molar-refractivity contribution in [3.05, 3.63) is 0 Å². The van der Waals surface area contributed by atoms with Gasteiger partial charge in [0.05, 0.1) is 18.1 Å². The van der Waals surface area contributed by atoms with E-state index in [1.54, 1.807) is 6.92 Å². The highest BCUT2D eigenvalue weighted by Crippen LogP contribution is 2.28. The van der Waals surface area contributed by atoms with E-state index in [0.717, 1.165) is 32.1 Å². The molecule has 0 amide bonds. The zero-order chi connectivity index (χ0) is 12.1. The first-order valence-corrected chi connectivity index (χ1v) is 6.18. The molecule has 4 nitrogen and oxygen atoms in total. The number of hydrogen-bond donors (Lipinski definition) is 2. The molecule has 0 saturated carbocycles. The minimum absolute atomic E-state index is 0.128. The summed E-state index contributed by atoms with van der Waals surface area (Å²) in [6.07, 6.45) is 4.78. The van der Waals surface area contributed by atoms with Gasteiger partial charge in [-0.1, -0.05) is 13.3 Å². The average molecular weight is 229 g/mol. The molecule has 94 valence electrons. The molecule has 0 aromatic rings. The van der Waals surface area contributed by atoms with Crippen LogP contribution in [0.4, 0.5) is 0 Å². The summed E-state index contributed by atoms with van der Waals surface area (Å²) in [7, 11) is 0. The lowest BCUT2D eigenvalue weighted by Crippen LogP contribution is -2.29. The quantitative estimate of drug-likeness (QED) is 0.728. The van der Waals surface area contributed by atoms with Gasteiger partial charge in [-0.2, -0.15) is 0 Å². The molecule has 1 saturated heterocycles. The summed E-state index contributed by atoms with van der Waals surface area (Å²) < 4.78 is 5.74. The number of carboxylic acid groups (broad SMARTS) is 1. The van der Waals surface area contributed by atoms with E-state index in [4.69, 9.17) is 15.6 Å². The lowest BCUT2D eigenvalue weighted by molar-refractivity contribution is -0.146.